The third-order valence-corrected chi connectivity index (χ3v) is 3.81. The van der Waals surface area contributed by atoms with Gasteiger partial charge in [-0.05, 0) is 36.8 Å². The Kier molecular flexibility index (Phi) is 4.38. The molecular weight excluding hydrogens is 322 g/mol. The summed E-state index contributed by atoms with van der Waals surface area (Å²) in [6, 6.07) is 11.7. The highest BCUT2D eigenvalue weighted by molar-refractivity contribution is 6.03. The van der Waals surface area contributed by atoms with Crippen LogP contribution < -0.4 is 21.1 Å². The van der Waals surface area contributed by atoms with E-state index < -0.39 is 12.0 Å². The molecule has 0 saturated heterocycles. The summed E-state index contributed by atoms with van der Waals surface area (Å²) < 4.78 is 5.48. The van der Waals surface area contributed by atoms with E-state index in [1.807, 2.05) is 0 Å². The first kappa shape index (κ1) is 16.5. The van der Waals surface area contributed by atoms with E-state index in [0.29, 0.717) is 22.7 Å². The second kappa shape index (κ2) is 6.64. The summed E-state index contributed by atoms with van der Waals surface area (Å²) in [5.41, 5.74) is 7.14. The first-order chi connectivity index (χ1) is 11.9. The predicted octanol–water partition coefficient (Wildman–Crippen LogP) is 1.69. The molecule has 0 bridgehead atoms. The zero-order chi connectivity index (χ0) is 18.0. The van der Waals surface area contributed by atoms with Gasteiger partial charge in [0.05, 0.1) is 23.4 Å². The Morgan fingerprint density at radius 2 is 2.00 bits per heavy atom. The molecule has 1 heterocycles. The van der Waals surface area contributed by atoms with E-state index in [2.05, 4.69) is 10.6 Å². The second-order valence-electron chi connectivity index (χ2n) is 5.71. The van der Waals surface area contributed by atoms with Crippen molar-refractivity contribution >= 4 is 29.1 Å². The largest absolute Gasteiger partial charge is 0.479 e. The molecule has 25 heavy (non-hydrogen) atoms. The average molecular weight is 339 g/mol. The number of carbonyl (C=O) groups excluding carboxylic acids is 3. The van der Waals surface area contributed by atoms with Crippen molar-refractivity contribution < 1.29 is 19.1 Å². The molecule has 2 aromatic carbocycles. The summed E-state index contributed by atoms with van der Waals surface area (Å²) in [6.07, 6.45) is -0.474. The molecule has 0 spiro atoms. The van der Waals surface area contributed by atoms with Gasteiger partial charge in [0.15, 0.2) is 6.10 Å². The van der Waals surface area contributed by atoms with Gasteiger partial charge in [-0.3, -0.25) is 14.4 Å². The summed E-state index contributed by atoms with van der Waals surface area (Å²) in [4.78, 5) is 35.3. The van der Waals surface area contributed by atoms with Crippen LogP contribution >= 0.6 is 0 Å². The Bertz CT molecular complexity index is 863. The van der Waals surface area contributed by atoms with Crippen LogP contribution in [0.1, 0.15) is 22.8 Å². The van der Waals surface area contributed by atoms with E-state index in [-0.39, 0.29) is 23.8 Å². The van der Waals surface area contributed by atoms with Crippen molar-refractivity contribution in [3.63, 3.8) is 0 Å². The monoisotopic (exact) mass is 339 g/mol. The summed E-state index contributed by atoms with van der Waals surface area (Å²) in [5, 5.41) is 5.42. The van der Waals surface area contributed by atoms with Crippen LogP contribution in [-0.4, -0.2) is 23.8 Å². The first-order valence-electron chi connectivity index (χ1n) is 7.73. The van der Waals surface area contributed by atoms with E-state index in [4.69, 9.17) is 10.5 Å². The minimum Gasteiger partial charge on any atom is -0.479 e. The molecular formula is C18H17N3O4. The lowest BCUT2D eigenvalue weighted by atomic mass is 10.1. The third kappa shape index (κ3) is 3.60. The maximum absolute atomic E-state index is 12.3. The molecule has 0 fully saturated rings. The molecule has 1 aliphatic heterocycles. The van der Waals surface area contributed by atoms with Crippen LogP contribution in [0.25, 0.3) is 0 Å². The van der Waals surface area contributed by atoms with Gasteiger partial charge in [-0.15, -0.1) is 0 Å². The standard InChI is InChI=1S/C18H17N3O4/c1-10-18(24)21-14-8-11(6-7-15(14)25-10)9-16(22)20-13-5-3-2-4-12(13)17(19)23/h2-8,10H,9H2,1H3,(H2,19,23)(H,20,22)(H,21,24). The molecule has 7 heteroatoms. The van der Waals surface area contributed by atoms with Crippen molar-refractivity contribution in [2.24, 2.45) is 5.73 Å². The second-order valence-corrected chi connectivity index (χ2v) is 5.71. The molecule has 3 rings (SSSR count). The van der Waals surface area contributed by atoms with Gasteiger partial charge < -0.3 is 21.1 Å². The smallest absolute Gasteiger partial charge is 0.265 e. The maximum atomic E-state index is 12.3. The molecule has 2 aromatic rings. The SMILES string of the molecule is CC1Oc2ccc(CC(=O)Nc3ccccc3C(N)=O)cc2NC1=O. The number of nitrogens with one attached hydrogen (secondary N) is 2. The van der Waals surface area contributed by atoms with Gasteiger partial charge in [0.2, 0.25) is 5.91 Å². The highest BCUT2D eigenvalue weighted by Crippen LogP contribution is 2.30. The van der Waals surface area contributed by atoms with Crippen LogP contribution in [0.4, 0.5) is 11.4 Å². The minimum absolute atomic E-state index is 0.0752. The third-order valence-electron chi connectivity index (χ3n) is 3.81. The van der Waals surface area contributed by atoms with Gasteiger partial charge in [-0.1, -0.05) is 18.2 Å². The molecule has 1 atom stereocenters. The molecule has 128 valence electrons. The average Bonchev–Trinajstić information content (AvgIpc) is 2.56. The number of carbonyl (C=O) groups is 3. The fourth-order valence-corrected chi connectivity index (χ4v) is 2.55. The van der Waals surface area contributed by atoms with Crippen LogP contribution in [0.3, 0.4) is 0 Å². The van der Waals surface area contributed by atoms with Crippen LogP contribution in [0.15, 0.2) is 42.5 Å². The molecule has 0 aromatic heterocycles. The Balaban J connectivity index is 1.73. The number of ether oxygens (including phenoxy) is 1. The Labute approximate surface area is 144 Å². The predicted molar refractivity (Wildman–Crippen MR) is 92.5 cm³/mol. The molecule has 1 unspecified atom stereocenters. The lowest BCUT2D eigenvalue weighted by Gasteiger charge is -2.23. The van der Waals surface area contributed by atoms with Gasteiger partial charge in [0.1, 0.15) is 5.75 Å². The number of nitrogens with two attached hydrogens (primary N) is 1. The number of fused-ring (bicyclic) bond motifs is 1. The van der Waals surface area contributed by atoms with Crippen molar-refractivity contribution in [3.8, 4) is 5.75 Å². The van der Waals surface area contributed by atoms with Gasteiger partial charge >= 0.3 is 0 Å². The number of hydrogen-bond donors (Lipinski definition) is 3. The van der Waals surface area contributed by atoms with Crippen molar-refractivity contribution in [1.82, 2.24) is 0 Å². The van der Waals surface area contributed by atoms with E-state index >= 15 is 0 Å². The highest BCUT2D eigenvalue weighted by Gasteiger charge is 2.23. The number of amides is 3. The molecule has 0 aliphatic carbocycles. The van der Waals surface area contributed by atoms with Crippen LogP contribution in [0.2, 0.25) is 0 Å². The zero-order valence-electron chi connectivity index (χ0n) is 13.5. The Morgan fingerprint density at radius 1 is 1.24 bits per heavy atom. The van der Waals surface area contributed by atoms with E-state index in [9.17, 15) is 14.4 Å². The minimum atomic E-state index is -0.612. The Morgan fingerprint density at radius 3 is 2.76 bits per heavy atom. The first-order valence-corrected chi connectivity index (χ1v) is 7.73. The van der Waals surface area contributed by atoms with Gasteiger partial charge in [-0.25, -0.2) is 0 Å². The number of rotatable bonds is 4. The van der Waals surface area contributed by atoms with Crippen LogP contribution in [-0.2, 0) is 16.0 Å². The topological polar surface area (TPSA) is 111 Å². The van der Waals surface area contributed by atoms with Gasteiger partial charge in [-0.2, -0.15) is 0 Å². The summed E-state index contributed by atoms with van der Waals surface area (Å²) in [5.74, 6) is -0.580. The van der Waals surface area contributed by atoms with E-state index in [0.717, 1.165) is 0 Å². The molecule has 0 saturated carbocycles. The molecule has 7 nitrogen and oxygen atoms in total. The lowest BCUT2D eigenvalue weighted by molar-refractivity contribution is -0.122. The highest BCUT2D eigenvalue weighted by atomic mass is 16.5. The van der Waals surface area contributed by atoms with Gasteiger partial charge in [0.25, 0.3) is 11.8 Å². The van der Waals surface area contributed by atoms with E-state index in [1.54, 1.807) is 49.4 Å². The summed E-state index contributed by atoms with van der Waals surface area (Å²) in [6.45, 7) is 1.66. The fraction of sp³-hybridized carbons (Fsp3) is 0.167. The van der Waals surface area contributed by atoms with Crippen molar-refractivity contribution in [1.29, 1.82) is 0 Å². The molecule has 3 amide bonds. The number of benzene rings is 2. The molecule has 4 N–H and O–H groups in total. The maximum Gasteiger partial charge on any atom is 0.265 e. The van der Waals surface area contributed by atoms with Crippen molar-refractivity contribution in [2.75, 3.05) is 10.6 Å². The molecule has 0 radical (unpaired) electrons. The van der Waals surface area contributed by atoms with Crippen molar-refractivity contribution in [2.45, 2.75) is 19.4 Å². The Hall–Kier alpha value is -3.35. The normalized spacial score (nSPS) is 15.6. The number of primary amides is 1. The summed E-state index contributed by atoms with van der Waals surface area (Å²) in [7, 11) is 0. The quantitative estimate of drug-likeness (QED) is 0.787. The number of hydrogen-bond acceptors (Lipinski definition) is 4. The number of para-hydroxylation sites is 1. The fourth-order valence-electron chi connectivity index (χ4n) is 2.55. The lowest BCUT2D eigenvalue weighted by Crippen LogP contribution is -2.34. The number of anilines is 2. The summed E-state index contributed by atoms with van der Waals surface area (Å²) >= 11 is 0. The van der Waals surface area contributed by atoms with Crippen LogP contribution in [0, 0.1) is 0 Å². The van der Waals surface area contributed by atoms with E-state index in [1.165, 1.54) is 0 Å². The zero-order valence-corrected chi connectivity index (χ0v) is 13.5. The molecule has 1 aliphatic rings. The van der Waals surface area contributed by atoms with Gasteiger partial charge in [0, 0.05) is 0 Å². The van der Waals surface area contributed by atoms with Crippen molar-refractivity contribution in [3.05, 3.63) is 53.6 Å². The van der Waals surface area contributed by atoms with Crippen LogP contribution in [0.5, 0.6) is 5.75 Å².